The molecular formula is C15H14IN3O. The van der Waals surface area contributed by atoms with Crippen molar-refractivity contribution in [2.75, 3.05) is 5.73 Å². The summed E-state index contributed by atoms with van der Waals surface area (Å²) in [6, 6.07) is 14.7. The highest BCUT2D eigenvalue weighted by molar-refractivity contribution is 14.1. The first-order chi connectivity index (χ1) is 9.58. The molecular weight excluding hydrogens is 365 g/mol. The van der Waals surface area contributed by atoms with Crippen molar-refractivity contribution < 1.29 is 4.79 Å². The highest BCUT2D eigenvalue weighted by Crippen LogP contribution is 2.11. The maximum Gasteiger partial charge on any atom is 0.272 e. The number of hydrogen-bond donors (Lipinski definition) is 2. The molecule has 0 aliphatic heterocycles. The number of amides is 1. The predicted octanol–water partition coefficient (Wildman–Crippen LogP) is 3.03. The lowest BCUT2D eigenvalue weighted by Crippen LogP contribution is -2.20. The van der Waals surface area contributed by atoms with E-state index in [1.165, 1.54) is 0 Å². The molecule has 0 heterocycles. The minimum atomic E-state index is -0.218. The summed E-state index contributed by atoms with van der Waals surface area (Å²) in [5.74, 6) is -0.218. The monoisotopic (exact) mass is 379 g/mol. The second kappa shape index (κ2) is 6.51. The number of carbonyl (C=O) groups is 1. The third-order valence-electron chi connectivity index (χ3n) is 2.77. The Labute approximate surface area is 131 Å². The van der Waals surface area contributed by atoms with Crippen LogP contribution in [-0.2, 0) is 0 Å². The first-order valence-corrected chi connectivity index (χ1v) is 7.11. The van der Waals surface area contributed by atoms with Crippen LogP contribution < -0.4 is 11.2 Å². The Bertz CT molecular complexity index is 650. The zero-order chi connectivity index (χ0) is 14.5. The molecule has 2 aromatic rings. The normalized spacial score (nSPS) is 11.2. The van der Waals surface area contributed by atoms with Crippen LogP contribution in [0, 0.1) is 3.57 Å². The molecule has 102 valence electrons. The number of hydrazone groups is 1. The number of carbonyl (C=O) groups excluding carboxylic acids is 1. The standard InChI is InChI=1S/C15H14IN3O/c1-10(11-6-8-12(17)9-7-11)18-19-15(20)13-4-2-3-5-14(13)16/h2-9H,17H2,1H3,(H,19,20). The van der Waals surface area contributed by atoms with Gasteiger partial charge in [-0.05, 0) is 59.3 Å². The number of hydrogen-bond acceptors (Lipinski definition) is 3. The maximum absolute atomic E-state index is 12.0. The Kier molecular flexibility index (Phi) is 4.73. The van der Waals surface area contributed by atoms with E-state index in [1.807, 2.05) is 37.3 Å². The smallest absolute Gasteiger partial charge is 0.272 e. The predicted molar refractivity (Wildman–Crippen MR) is 89.7 cm³/mol. The molecule has 0 saturated heterocycles. The van der Waals surface area contributed by atoms with Crippen LogP contribution >= 0.6 is 22.6 Å². The fourth-order valence-corrected chi connectivity index (χ4v) is 2.26. The summed E-state index contributed by atoms with van der Waals surface area (Å²) in [5.41, 5.74) is 11.2. The molecule has 3 N–H and O–H groups in total. The molecule has 0 unspecified atom stereocenters. The Hall–Kier alpha value is -1.89. The maximum atomic E-state index is 12.0. The Morgan fingerprint density at radius 1 is 1.15 bits per heavy atom. The van der Waals surface area contributed by atoms with Crippen molar-refractivity contribution in [1.29, 1.82) is 0 Å². The number of nitrogens with one attached hydrogen (secondary N) is 1. The molecule has 1 amide bonds. The topological polar surface area (TPSA) is 67.5 Å². The van der Waals surface area contributed by atoms with E-state index in [0.717, 1.165) is 14.8 Å². The largest absolute Gasteiger partial charge is 0.399 e. The molecule has 0 bridgehead atoms. The number of nitrogen functional groups attached to an aromatic ring is 1. The molecule has 0 fully saturated rings. The minimum absolute atomic E-state index is 0.218. The number of nitrogens with zero attached hydrogens (tertiary/aromatic N) is 1. The zero-order valence-electron chi connectivity index (χ0n) is 10.9. The number of halogens is 1. The number of rotatable bonds is 3. The first kappa shape index (κ1) is 14.5. The van der Waals surface area contributed by atoms with E-state index >= 15 is 0 Å². The van der Waals surface area contributed by atoms with E-state index in [-0.39, 0.29) is 5.91 Å². The van der Waals surface area contributed by atoms with E-state index in [2.05, 4.69) is 33.1 Å². The van der Waals surface area contributed by atoms with Crippen LogP contribution in [0.3, 0.4) is 0 Å². The molecule has 2 rings (SSSR count). The van der Waals surface area contributed by atoms with Gasteiger partial charge in [0.15, 0.2) is 0 Å². The third kappa shape index (κ3) is 3.57. The van der Waals surface area contributed by atoms with Gasteiger partial charge >= 0.3 is 0 Å². The summed E-state index contributed by atoms with van der Waals surface area (Å²) in [6.07, 6.45) is 0. The number of benzene rings is 2. The van der Waals surface area contributed by atoms with Gasteiger partial charge in [0.2, 0.25) is 0 Å². The van der Waals surface area contributed by atoms with Crippen molar-refractivity contribution in [2.45, 2.75) is 6.92 Å². The van der Waals surface area contributed by atoms with Crippen molar-refractivity contribution in [1.82, 2.24) is 5.43 Å². The van der Waals surface area contributed by atoms with Gasteiger partial charge in [-0.25, -0.2) is 5.43 Å². The van der Waals surface area contributed by atoms with Crippen LogP contribution in [0.1, 0.15) is 22.8 Å². The molecule has 0 aliphatic carbocycles. The van der Waals surface area contributed by atoms with Crippen LogP contribution in [0.4, 0.5) is 5.69 Å². The van der Waals surface area contributed by atoms with Gasteiger partial charge in [-0.3, -0.25) is 4.79 Å². The van der Waals surface area contributed by atoms with Gasteiger partial charge < -0.3 is 5.73 Å². The van der Waals surface area contributed by atoms with Crippen molar-refractivity contribution in [3.8, 4) is 0 Å². The molecule has 0 aliphatic rings. The van der Waals surface area contributed by atoms with Crippen LogP contribution in [-0.4, -0.2) is 11.6 Å². The molecule has 0 spiro atoms. The van der Waals surface area contributed by atoms with Gasteiger partial charge in [-0.15, -0.1) is 0 Å². The van der Waals surface area contributed by atoms with Gasteiger partial charge in [0.1, 0.15) is 0 Å². The van der Waals surface area contributed by atoms with E-state index in [0.29, 0.717) is 11.3 Å². The van der Waals surface area contributed by atoms with E-state index in [9.17, 15) is 4.79 Å². The molecule has 5 heteroatoms. The van der Waals surface area contributed by atoms with Crippen LogP contribution in [0.5, 0.6) is 0 Å². The second-order valence-corrected chi connectivity index (χ2v) is 5.40. The summed E-state index contributed by atoms with van der Waals surface area (Å²) < 4.78 is 0.892. The van der Waals surface area contributed by atoms with E-state index in [4.69, 9.17) is 5.73 Å². The molecule has 4 nitrogen and oxygen atoms in total. The summed E-state index contributed by atoms with van der Waals surface area (Å²) >= 11 is 2.12. The lowest BCUT2D eigenvalue weighted by atomic mass is 10.1. The van der Waals surface area contributed by atoms with Crippen LogP contribution in [0.15, 0.2) is 53.6 Å². The zero-order valence-corrected chi connectivity index (χ0v) is 13.1. The highest BCUT2D eigenvalue weighted by Gasteiger charge is 2.08. The number of anilines is 1. The average Bonchev–Trinajstić information content (AvgIpc) is 2.45. The van der Waals surface area contributed by atoms with Gasteiger partial charge in [0, 0.05) is 9.26 Å². The number of nitrogens with two attached hydrogens (primary N) is 1. The second-order valence-electron chi connectivity index (χ2n) is 4.24. The summed E-state index contributed by atoms with van der Waals surface area (Å²) in [7, 11) is 0. The van der Waals surface area contributed by atoms with Crippen molar-refractivity contribution >= 4 is 39.9 Å². The SMILES string of the molecule is CC(=NNC(=O)c1ccccc1I)c1ccc(N)cc1. The molecule has 0 atom stereocenters. The lowest BCUT2D eigenvalue weighted by Gasteiger charge is -2.05. The van der Waals surface area contributed by atoms with Gasteiger partial charge in [0.25, 0.3) is 5.91 Å². The first-order valence-electron chi connectivity index (χ1n) is 6.03. The fraction of sp³-hybridized carbons (Fsp3) is 0.0667. The average molecular weight is 379 g/mol. The van der Waals surface area contributed by atoms with Crippen molar-refractivity contribution in [3.63, 3.8) is 0 Å². The molecule has 0 saturated carbocycles. The summed E-state index contributed by atoms with van der Waals surface area (Å²) in [6.45, 7) is 1.84. The third-order valence-corrected chi connectivity index (χ3v) is 3.71. The highest BCUT2D eigenvalue weighted by atomic mass is 127. The van der Waals surface area contributed by atoms with Crippen LogP contribution in [0.25, 0.3) is 0 Å². The Morgan fingerprint density at radius 3 is 2.45 bits per heavy atom. The van der Waals surface area contributed by atoms with Gasteiger partial charge in [-0.2, -0.15) is 5.10 Å². The molecule has 20 heavy (non-hydrogen) atoms. The quantitative estimate of drug-likeness (QED) is 0.373. The van der Waals surface area contributed by atoms with Gasteiger partial charge in [0.05, 0.1) is 11.3 Å². The Morgan fingerprint density at radius 2 is 1.80 bits per heavy atom. The van der Waals surface area contributed by atoms with Crippen molar-refractivity contribution in [3.05, 3.63) is 63.2 Å². The molecule has 2 aromatic carbocycles. The van der Waals surface area contributed by atoms with Gasteiger partial charge in [-0.1, -0.05) is 24.3 Å². The summed E-state index contributed by atoms with van der Waals surface area (Å²) in [5, 5.41) is 4.11. The van der Waals surface area contributed by atoms with E-state index in [1.54, 1.807) is 18.2 Å². The summed E-state index contributed by atoms with van der Waals surface area (Å²) in [4.78, 5) is 12.0. The van der Waals surface area contributed by atoms with E-state index < -0.39 is 0 Å². The molecule has 0 radical (unpaired) electrons. The lowest BCUT2D eigenvalue weighted by molar-refractivity contribution is 0.0954. The van der Waals surface area contributed by atoms with Crippen LogP contribution in [0.2, 0.25) is 0 Å². The fourth-order valence-electron chi connectivity index (χ4n) is 1.63. The van der Waals surface area contributed by atoms with Crippen molar-refractivity contribution in [2.24, 2.45) is 5.10 Å². The Balaban J connectivity index is 2.11. The minimum Gasteiger partial charge on any atom is -0.399 e. The molecule has 0 aromatic heterocycles.